The molecule has 1 amide bonds. The van der Waals surface area contributed by atoms with Crippen LogP contribution in [-0.2, 0) is 14.8 Å². The van der Waals surface area contributed by atoms with Gasteiger partial charge >= 0.3 is 0 Å². The van der Waals surface area contributed by atoms with Gasteiger partial charge in [-0.1, -0.05) is 35.3 Å². The Morgan fingerprint density at radius 1 is 1.19 bits per heavy atom. The third-order valence-electron chi connectivity index (χ3n) is 5.31. The Bertz CT molecular complexity index is 1030. The number of hydrogen-bond donors (Lipinski definition) is 1. The predicted octanol–water partition coefficient (Wildman–Crippen LogP) is 4.67. The van der Waals surface area contributed by atoms with Crippen LogP contribution < -0.4 is 10.1 Å². The molecule has 0 saturated carbocycles. The van der Waals surface area contributed by atoms with Gasteiger partial charge in [-0.05, 0) is 62.6 Å². The molecular formula is C22H26Cl2N2O4S. The standard InChI is InChI=1S/C22H26Cl2N2O4S/c1-3-30-20-11-10-19(24)13-21(20)31(28,29)26-12-4-5-17(14-26)22(27)25-15(2)16-6-8-18(23)9-7-16/h6-11,13,15,17H,3-5,12,14H2,1-2H3,(H,25,27). The van der Waals surface area contributed by atoms with Crippen LogP contribution in [0.4, 0.5) is 0 Å². The molecule has 0 aliphatic carbocycles. The van der Waals surface area contributed by atoms with Gasteiger partial charge in [0, 0.05) is 23.1 Å². The van der Waals surface area contributed by atoms with Gasteiger partial charge in [0.15, 0.2) is 0 Å². The maximum atomic E-state index is 13.3. The van der Waals surface area contributed by atoms with E-state index in [2.05, 4.69) is 5.32 Å². The number of carbonyl (C=O) groups excluding carboxylic acids is 1. The molecule has 0 spiro atoms. The molecule has 0 aromatic heterocycles. The molecule has 3 rings (SSSR count). The van der Waals surface area contributed by atoms with Crippen LogP contribution in [0.1, 0.15) is 38.3 Å². The Balaban J connectivity index is 1.74. The van der Waals surface area contributed by atoms with Crippen LogP contribution >= 0.6 is 23.2 Å². The number of ether oxygens (including phenoxy) is 1. The maximum Gasteiger partial charge on any atom is 0.246 e. The Hall–Kier alpha value is -1.80. The van der Waals surface area contributed by atoms with Crippen molar-refractivity contribution < 1.29 is 17.9 Å². The first kappa shape index (κ1) is 23.9. The number of rotatable bonds is 7. The number of hydrogen-bond acceptors (Lipinski definition) is 4. The van der Waals surface area contributed by atoms with Crippen molar-refractivity contribution >= 4 is 39.1 Å². The van der Waals surface area contributed by atoms with Gasteiger partial charge < -0.3 is 10.1 Å². The van der Waals surface area contributed by atoms with Gasteiger partial charge in [-0.3, -0.25) is 4.79 Å². The van der Waals surface area contributed by atoms with E-state index >= 15 is 0 Å². The van der Waals surface area contributed by atoms with Gasteiger partial charge in [-0.2, -0.15) is 4.31 Å². The van der Waals surface area contributed by atoms with Crippen LogP contribution in [0.2, 0.25) is 10.0 Å². The van der Waals surface area contributed by atoms with E-state index in [0.29, 0.717) is 36.0 Å². The summed E-state index contributed by atoms with van der Waals surface area (Å²) in [7, 11) is -3.86. The summed E-state index contributed by atoms with van der Waals surface area (Å²) < 4.78 is 33.5. The molecule has 1 fully saturated rings. The number of nitrogens with zero attached hydrogens (tertiary/aromatic N) is 1. The molecule has 2 unspecified atom stereocenters. The lowest BCUT2D eigenvalue weighted by Gasteiger charge is -2.32. The lowest BCUT2D eigenvalue weighted by molar-refractivity contribution is -0.126. The Kier molecular flexibility index (Phi) is 7.86. The quantitative estimate of drug-likeness (QED) is 0.619. The molecule has 1 heterocycles. The van der Waals surface area contributed by atoms with E-state index in [0.717, 1.165) is 5.56 Å². The smallest absolute Gasteiger partial charge is 0.246 e. The van der Waals surface area contributed by atoms with Crippen LogP contribution in [0.15, 0.2) is 47.4 Å². The van der Waals surface area contributed by atoms with Crippen molar-refractivity contribution in [2.24, 2.45) is 5.92 Å². The average Bonchev–Trinajstić information content (AvgIpc) is 2.75. The second kappa shape index (κ2) is 10.2. The number of amides is 1. The number of carbonyl (C=O) groups is 1. The highest BCUT2D eigenvalue weighted by Crippen LogP contribution is 2.32. The number of nitrogens with one attached hydrogen (secondary N) is 1. The van der Waals surface area contributed by atoms with Crippen LogP contribution in [0, 0.1) is 5.92 Å². The molecule has 2 aromatic carbocycles. The summed E-state index contributed by atoms with van der Waals surface area (Å²) in [6, 6.07) is 11.6. The van der Waals surface area contributed by atoms with E-state index in [1.807, 2.05) is 19.1 Å². The Morgan fingerprint density at radius 3 is 2.55 bits per heavy atom. The van der Waals surface area contributed by atoms with Crippen LogP contribution in [-0.4, -0.2) is 38.3 Å². The van der Waals surface area contributed by atoms with Crippen LogP contribution in [0.25, 0.3) is 0 Å². The molecular weight excluding hydrogens is 459 g/mol. The van der Waals surface area contributed by atoms with Crippen molar-refractivity contribution in [2.75, 3.05) is 19.7 Å². The lowest BCUT2D eigenvalue weighted by Crippen LogP contribution is -2.45. The molecule has 1 aliphatic rings. The molecule has 1 saturated heterocycles. The first-order valence-corrected chi connectivity index (χ1v) is 12.4. The molecule has 1 aliphatic heterocycles. The van der Waals surface area contributed by atoms with Crippen molar-refractivity contribution in [1.29, 1.82) is 0 Å². The van der Waals surface area contributed by atoms with E-state index in [9.17, 15) is 13.2 Å². The van der Waals surface area contributed by atoms with Gasteiger partial charge in [-0.15, -0.1) is 0 Å². The van der Waals surface area contributed by atoms with Gasteiger partial charge in [0.2, 0.25) is 15.9 Å². The number of benzene rings is 2. The van der Waals surface area contributed by atoms with E-state index in [4.69, 9.17) is 27.9 Å². The van der Waals surface area contributed by atoms with Gasteiger partial charge in [0.05, 0.1) is 18.6 Å². The van der Waals surface area contributed by atoms with Crippen molar-refractivity contribution in [3.8, 4) is 5.75 Å². The summed E-state index contributed by atoms with van der Waals surface area (Å²) in [6.45, 7) is 4.46. The summed E-state index contributed by atoms with van der Waals surface area (Å²) >= 11 is 12.0. The van der Waals surface area contributed by atoms with Crippen LogP contribution in [0.5, 0.6) is 5.75 Å². The minimum absolute atomic E-state index is 0.0254. The summed E-state index contributed by atoms with van der Waals surface area (Å²) in [4.78, 5) is 12.9. The molecule has 31 heavy (non-hydrogen) atoms. The molecule has 6 nitrogen and oxygen atoms in total. The van der Waals surface area contributed by atoms with Gasteiger partial charge in [0.1, 0.15) is 10.6 Å². The molecule has 9 heteroatoms. The minimum Gasteiger partial charge on any atom is -0.492 e. The van der Waals surface area contributed by atoms with Crippen LogP contribution in [0.3, 0.4) is 0 Å². The zero-order valence-corrected chi connectivity index (χ0v) is 19.8. The largest absolute Gasteiger partial charge is 0.492 e. The maximum absolute atomic E-state index is 13.3. The third-order valence-corrected chi connectivity index (χ3v) is 7.68. The second-order valence-corrected chi connectivity index (χ2v) is 10.3. The highest BCUT2D eigenvalue weighted by Gasteiger charge is 2.35. The average molecular weight is 485 g/mol. The van der Waals surface area contributed by atoms with E-state index < -0.39 is 15.9 Å². The second-order valence-electron chi connectivity index (χ2n) is 7.51. The fraction of sp³-hybridized carbons (Fsp3) is 0.409. The third kappa shape index (κ3) is 5.71. The zero-order chi connectivity index (χ0) is 22.6. The Morgan fingerprint density at radius 2 is 1.87 bits per heavy atom. The summed E-state index contributed by atoms with van der Waals surface area (Å²) in [6.07, 6.45) is 1.22. The lowest BCUT2D eigenvalue weighted by atomic mass is 9.98. The fourth-order valence-corrected chi connectivity index (χ4v) is 5.68. The highest BCUT2D eigenvalue weighted by molar-refractivity contribution is 7.89. The highest BCUT2D eigenvalue weighted by atomic mass is 35.5. The summed E-state index contributed by atoms with van der Waals surface area (Å²) in [5.74, 6) is -0.346. The molecule has 1 N–H and O–H groups in total. The number of piperidine rings is 1. The summed E-state index contributed by atoms with van der Waals surface area (Å²) in [5, 5.41) is 3.93. The first-order valence-electron chi connectivity index (χ1n) is 10.2. The topological polar surface area (TPSA) is 75.7 Å². The van der Waals surface area contributed by atoms with E-state index in [-0.39, 0.29) is 29.1 Å². The molecule has 168 valence electrons. The van der Waals surface area contributed by atoms with Crippen molar-refractivity contribution in [1.82, 2.24) is 9.62 Å². The molecule has 2 aromatic rings. The predicted molar refractivity (Wildman–Crippen MR) is 122 cm³/mol. The van der Waals surface area contributed by atoms with E-state index in [1.54, 1.807) is 31.2 Å². The number of sulfonamides is 1. The van der Waals surface area contributed by atoms with E-state index in [1.165, 1.54) is 10.4 Å². The van der Waals surface area contributed by atoms with Gasteiger partial charge in [-0.25, -0.2) is 8.42 Å². The molecule has 0 radical (unpaired) electrons. The van der Waals surface area contributed by atoms with Crippen molar-refractivity contribution in [3.63, 3.8) is 0 Å². The normalized spacial score (nSPS) is 18.4. The minimum atomic E-state index is -3.86. The van der Waals surface area contributed by atoms with Crippen molar-refractivity contribution in [3.05, 3.63) is 58.1 Å². The van der Waals surface area contributed by atoms with Crippen molar-refractivity contribution in [2.45, 2.75) is 37.6 Å². The molecule has 2 atom stereocenters. The van der Waals surface area contributed by atoms with Gasteiger partial charge in [0.25, 0.3) is 0 Å². The summed E-state index contributed by atoms with van der Waals surface area (Å²) in [5.41, 5.74) is 0.929. The SMILES string of the molecule is CCOc1ccc(Cl)cc1S(=O)(=O)N1CCCC(C(=O)NC(C)c2ccc(Cl)cc2)C1. The first-order chi connectivity index (χ1) is 14.7. The number of halogens is 2. The molecule has 0 bridgehead atoms. The zero-order valence-electron chi connectivity index (χ0n) is 17.5. The fourth-order valence-electron chi connectivity index (χ4n) is 3.64. The monoisotopic (exact) mass is 484 g/mol. The Labute approximate surface area is 193 Å².